The van der Waals surface area contributed by atoms with E-state index in [-0.39, 0.29) is 11.8 Å². The Bertz CT molecular complexity index is 879. The maximum atomic E-state index is 12.4. The third-order valence-corrected chi connectivity index (χ3v) is 6.50. The number of unbranched alkanes of at least 4 members (excludes halogenated alkanes) is 7. The Morgan fingerprint density at radius 1 is 0.857 bits per heavy atom. The molecule has 0 aliphatic heterocycles. The van der Waals surface area contributed by atoms with Gasteiger partial charge < -0.3 is 15.2 Å². The minimum Gasteiger partial charge on any atom is -0.356 e. The third-order valence-electron chi connectivity index (χ3n) is 6.50. The molecule has 1 aromatic carbocycles. The summed E-state index contributed by atoms with van der Waals surface area (Å²) < 4.78 is 2.25. The molecule has 0 aliphatic carbocycles. The van der Waals surface area contributed by atoms with Gasteiger partial charge in [-0.2, -0.15) is 0 Å². The lowest BCUT2D eigenvalue weighted by Gasteiger charge is -2.17. The van der Waals surface area contributed by atoms with Crippen LogP contribution in [0.5, 0.6) is 0 Å². The van der Waals surface area contributed by atoms with Crippen molar-refractivity contribution < 1.29 is 9.59 Å². The van der Waals surface area contributed by atoms with Crippen LogP contribution in [-0.4, -0.2) is 48.6 Å². The zero-order chi connectivity index (χ0) is 25.3. The van der Waals surface area contributed by atoms with Crippen molar-refractivity contribution in [3.8, 4) is 0 Å². The molecule has 3 N–H and O–H groups in total. The summed E-state index contributed by atoms with van der Waals surface area (Å²) in [6.45, 7) is 5.06. The van der Waals surface area contributed by atoms with Crippen LogP contribution in [0.15, 0.2) is 30.3 Å². The van der Waals surface area contributed by atoms with Gasteiger partial charge in [0.2, 0.25) is 11.8 Å². The number of nitrogens with zero attached hydrogens (tertiary/aromatic N) is 2. The average molecular weight is 486 g/mol. The Morgan fingerprint density at radius 2 is 1.49 bits per heavy atom. The average Bonchev–Trinajstić information content (AvgIpc) is 3.20. The Hall–Kier alpha value is -2.38. The number of hydrazine groups is 1. The van der Waals surface area contributed by atoms with E-state index in [0.717, 1.165) is 45.2 Å². The maximum absolute atomic E-state index is 12.4. The lowest BCUT2D eigenvalue weighted by Crippen LogP contribution is -2.31. The van der Waals surface area contributed by atoms with Crippen molar-refractivity contribution in [2.45, 2.75) is 90.6 Å². The van der Waals surface area contributed by atoms with E-state index in [9.17, 15) is 9.59 Å². The fraction of sp³-hybridized carbons (Fsp3) is 0.643. The quantitative estimate of drug-likeness (QED) is 0.198. The Balaban J connectivity index is 1.58. The van der Waals surface area contributed by atoms with Gasteiger partial charge in [0, 0.05) is 50.7 Å². The predicted molar refractivity (Wildman–Crippen MR) is 145 cm³/mol. The minimum absolute atomic E-state index is 0.0861. The Morgan fingerprint density at radius 3 is 2.20 bits per heavy atom. The van der Waals surface area contributed by atoms with Crippen LogP contribution in [0, 0.1) is 0 Å². The van der Waals surface area contributed by atoms with Gasteiger partial charge in [0.1, 0.15) is 0 Å². The van der Waals surface area contributed by atoms with Gasteiger partial charge in [-0.05, 0) is 50.2 Å². The van der Waals surface area contributed by atoms with Gasteiger partial charge in [-0.25, -0.2) is 5.01 Å². The fourth-order valence-corrected chi connectivity index (χ4v) is 4.32. The van der Waals surface area contributed by atoms with E-state index < -0.39 is 0 Å². The highest BCUT2D eigenvalue weighted by Crippen LogP contribution is 2.21. The summed E-state index contributed by atoms with van der Waals surface area (Å²) in [7, 11) is 3.92. The molecule has 0 saturated heterocycles. The highest BCUT2D eigenvalue weighted by Gasteiger charge is 2.11. The van der Waals surface area contributed by atoms with Crippen molar-refractivity contribution in [1.29, 1.82) is 0 Å². The lowest BCUT2D eigenvalue weighted by molar-refractivity contribution is -0.122. The van der Waals surface area contributed by atoms with Crippen molar-refractivity contribution in [3.63, 3.8) is 0 Å². The van der Waals surface area contributed by atoms with E-state index >= 15 is 0 Å². The van der Waals surface area contributed by atoms with Gasteiger partial charge in [0.15, 0.2) is 0 Å². The topological polar surface area (TPSA) is 78.4 Å². The van der Waals surface area contributed by atoms with E-state index in [2.05, 4.69) is 45.7 Å². The second-order valence-corrected chi connectivity index (χ2v) is 9.45. The third kappa shape index (κ3) is 11.3. The summed E-state index contributed by atoms with van der Waals surface area (Å²) in [6.07, 6.45) is 11.2. The van der Waals surface area contributed by atoms with Gasteiger partial charge in [0.05, 0.1) is 6.54 Å². The number of hydrogen-bond donors (Lipinski definition) is 3. The molecule has 2 rings (SSSR count). The first-order valence-electron chi connectivity index (χ1n) is 13.5. The summed E-state index contributed by atoms with van der Waals surface area (Å²) in [4.78, 5) is 24.3. The van der Waals surface area contributed by atoms with Crippen LogP contribution in [0.2, 0.25) is 0 Å². The van der Waals surface area contributed by atoms with Crippen LogP contribution < -0.4 is 16.1 Å². The lowest BCUT2D eigenvalue weighted by atomic mass is 10.1. The molecule has 0 radical (unpaired) electrons. The molecule has 2 amide bonds. The van der Waals surface area contributed by atoms with Crippen molar-refractivity contribution in [3.05, 3.63) is 36.0 Å². The minimum atomic E-state index is 0.0861. The molecular weight excluding hydrogens is 438 g/mol. The highest BCUT2D eigenvalue weighted by molar-refractivity contribution is 5.82. The molecule has 0 unspecified atom stereocenters. The fourth-order valence-electron chi connectivity index (χ4n) is 4.32. The summed E-state index contributed by atoms with van der Waals surface area (Å²) >= 11 is 0. The van der Waals surface area contributed by atoms with Crippen LogP contribution in [0.1, 0.15) is 83.2 Å². The molecule has 1 heterocycles. The zero-order valence-electron chi connectivity index (χ0n) is 22.2. The van der Waals surface area contributed by atoms with Gasteiger partial charge >= 0.3 is 0 Å². The number of nitrogens with one attached hydrogen (secondary N) is 3. The van der Waals surface area contributed by atoms with Gasteiger partial charge in [0.25, 0.3) is 0 Å². The van der Waals surface area contributed by atoms with Crippen LogP contribution in [0.25, 0.3) is 10.9 Å². The second-order valence-electron chi connectivity index (χ2n) is 9.45. The molecule has 7 nitrogen and oxygen atoms in total. The summed E-state index contributed by atoms with van der Waals surface area (Å²) in [6, 6.07) is 10.5. The van der Waals surface area contributed by atoms with Crippen molar-refractivity contribution in [1.82, 2.24) is 25.6 Å². The SMILES string of the molecule is CCCCCCCCC(=O)NCCCCCNC(=O)CCn1c(CN(C)NC)cc2ccccc21. The number of aromatic nitrogens is 1. The van der Waals surface area contributed by atoms with E-state index in [0.29, 0.717) is 25.9 Å². The maximum Gasteiger partial charge on any atom is 0.221 e. The molecule has 0 atom stereocenters. The van der Waals surface area contributed by atoms with Crippen LogP contribution in [0.4, 0.5) is 0 Å². The van der Waals surface area contributed by atoms with E-state index in [1.807, 2.05) is 31.2 Å². The smallest absolute Gasteiger partial charge is 0.221 e. The number of benzene rings is 1. The first-order chi connectivity index (χ1) is 17.0. The Labute approximate surface area is 212 Å². The van der Waals surface area contributed by atoms with Gasteiger partial charge in [-0.1, -0.05) is 57.2 Å². The molecule has 196 valence electrons. The molecule has 0 fully saturated rings. The molecule has 0 bridgehead atoms. The summed E-state index contributed by atoms with van der Waals surface area (Å²) in [5.41, 5.74) is 5.49. The number of carbonyl (C=O) groups is 2. The molecule has 0 aliphatic rings. The zero-order valence-corrected chi connectivity index (χ0v) is 22.2. The number of amides is 2. The molecule has 35 heavy (non-hydrogen) atoms. The van der Waals surface area contributed by atoms with Crippen LogP contribution in [-0.2, 0) is 22.7 Å². The van der Waals surface area contributed by atoms with E-state index in [1.165, 1.54) is 42.3 Å². The first-order valence-corrected chi connectivity index (χ1v) is 13.5. The number of para-hydroxylation sites is 1. The first kappa shape index (κ1) is 28.9. The summed E-state index contributed by atoms with van der Waals surface area (Å²) in [5.74, 6) is 0.259. The number of rotatable bonds is 19. The molecule has 1 aromatic heterocycles. The predicted octanol–water partition coefficient (Wildman–Crippen LogP) is 4.75. The molecule has 0 spiro atoms. The standard InChI is InChI=1S/C28H47N5O2/c1-4-5-6-7-8-10-17-27(34)30-19-13-9-14-20-31-28(35)18-21-33-25(23-32(3)29-2)22-24-15-11-12-16-26(24)33/h11-12,15-16,22,29H,4-10,13-14,17-21,23H2,1-3H3,(H,30,34)(H,31,35). The van der Waals surface area contributed by atoms with Crippen molar-refractivity contribution >= 4 is 22.7 Å². The number of carbonyl (C=O) groups excluding carboxylic acids is 2. The normalized spacial score (nSPS) is 11.3. The van der Waals surface area contributed by atoms with Gasteiger partial charge in [-0.15, -0.1) is 0 Å². The summed E-state index contributed by atoms with van der Waals surface area (Å²) in [5, 5.41) is 9.30. The molecule has 7 heteroatoms. The number of aryl methyl sites for hydroxylation is 1. The highest BCUT2D eigenvalue weighted by atomic mass is 16.2. The molecular formula is C28H47N5O2. The van der Waals surface area contributed by atoms with Gasteiger partial charge in [-0.3, -0.25) is 15.0 Å². The monoisotopic (exact) mass is 485 g/mol. The largest absolute Gasteiger partial charge is 0.356 e. The second kappa shape index (κ2) is 17.1. The Kier molecular flexibility index (Phi) is 14.1. The van der Waals surface area contributed by atoms with Crippen molar-refractivity contribution in [2.24, 2.45) is 0 Å². The number of hydrogen-bond acceptors (Lipinski definition) is 4. The molecule has 0 saturated carbocycles. The van der Waals surface area contributed by atoms with Crippen molar-refractivity contribution in [2.75, 3.05) is 27.2 Å². The van der Waals surface area contributed by atoms with E-state index in [1.54, 1.807) is 0 Å². The molecule has 2 aromatic rings. The van der Waals surface area contributed by atoms with E-state index in [4.69, 9.17) is 0 Å². The number of fused-ring (bicyclic) bond motifs is 1. The van der Waals surface area contributed by atoms with Crippen LogP contribution >= 0.6 is 0 Å². The van der Waals surface area contributed by atoms with Crippen LogP contribution in [0.3, 0.4) is 0 Å².